The second kappa shape index (κ2) is 11.0. The van der Waals surface area contributed by atoms with Crippen LogP contribution in [0.25, 0.3) is 0 Å². The molecule has 0 radical (unpaired) electrons. The Labute approximate surface area is 197 Å². The van der Waals surface area contributed by atoms with Gasteiger partial charge in [0, 0.05) is 18.6 Å². The zero-order valence-electron chi connectivity index (χ0n) is 18.8. The van der Waals surface area contributed by atoms with E-state index in [0.29, 0.717) is 15.9 Å². The topological polar surface area (TPSA) is 82.7 Å². The van der Waals surface area contributed by atoms with Gasteiger partial charge in [-0.25, -0.2) is 9.18 Å². The number of benzene rings is 1. The van der Waals surface area contributed by atoms with Crippen LogP contribution in [-0.2, 0) is 22.7 Å². The molecule has 0 bridgehead atoms. The van der Waals surface area contributed by atoms with Crippen LogP contribution in [-0.4, -0.2) is 35.1 Å². The highest BCUT2D eigenvalue weighted by molar-refractivity contribution is 9.12. The minimum absolute atomic E-state index is 0.0358. The molecule has 3 amide bonds. The van der Waals surface area contributed by atoms with E-state index in [4.69, 9.17) is 4.74 Å². The van der Waals surface area contributed by atoms with Crippen LogP contribution < -0.4 is 16.0 Å². The summed E-state index contributed by atoms with van der Waals surface area (Å²) in [6, 6.07) is 4.37. The van der Waals surface area contributed by atoms with Gasteiger partial charge in [-0.3, -0.25) is 4.79 Å². The standard InChI is InChI=1S/C23H32BrFN4O3/c1-14(2)29-15(3)27-21(20(24)22(29)30)32-13-16-9-10-18(25)11-17(16)12-26-23(31)28-19-7-5-4-6-8-19/h9-11,14-15,19,27H,4-8,12-13H2,1-3H3,(H2,26,28,31). The van der Waals surface area contributed by atoms with Gasteiger partial charge >= 0.3 is 6.03 Å². The van der Waals surface area contributed by atoms with Crippen LogP contribution in [0.2, 0.25) is 0 Å². The molecule has 0 aromatic heterocycles. The van der Waals surface area contributed by atoms with E-state index in [-0.39, 0.29) is 49.2 Å². The Morgan fingerprint density at radius 3 is 2.69 bits per heavy atom. The second-order valence-corrected chi connectivity index (χ2v) is 9.43. The summed E-state index contributed by atoms with van der Waals surface area (Å²) in [4.78, 5) is 26.6. The number of rotatable bonds is 7. The maximum Gasteiger partial charge on any atom is 0.315 e. The smallest absolute Gasteiger partial charge is 0.315 e. The minimum atomic E-state index is -0.384. The number of urea groups is 1. The van der Waals surface area contributed by atoms with Crippen molar-refractivity contribution >= 4 is 27.9 Å². The molecule has 32 heavy (non-hydrogen) atoms. The van der Waals surface area contributed by atoms with Crippen LogP contribution in [0.15, 0.2) is 28.6 Å². The molecular formula is C23H32BrFN4O3. The van der Waals surface area contributed by atoms with E-state index in [1.807, 2.05) is 20.8 Å². The molecule has 0 spiro atoms. The maximum atomic E-state index is 13.9. The molecule has 7 nitrogen and oxygen atoms in total. The van der Waals surface area contributed by atoms with Crippen molar-refractivity contribution in [1.82, 2.24) is 20.9 Å². The molecule has 1 unspecified atom stereocenters. The highest BCUT2D eigenvalue weighted by Gasteiger charge is 2.33. The lowest BCUT2D eigenvalue weighted by Gasteiger charge is -2.38. The SMILES string of the molecule is CC(C)N1C(=O)C(Br)=C(OCc2ccc(F)cc2CNC(=O)NC2CCCCC2)NC1C. The largest absolute Gasteiger partial charge is 0.473 e. The van der Waals surface area contributed by atoms with Crippen LogP contribution in [0.3, 0.4) is 0 Å². The first-order valence-electron chi connectivity index (χ1n) is 11.2. The van der Waals surface area contributed by atoms with Crippen LogP contribution in [0.1, 0.15) is 64.0 Å². The molecule has 0 saturated heterocycles. The number of hydrogen-bond donors (Lipinski definition) is 3. The Hall–Kier alpha value is -2.29. The van der Waals surface area contributed by atoms with Gasteiger partial charge in [0.1, 0.15) is 23.1 Å². The number of hydrogen-bond acceptors (Lipinski definition) is 4. The number of nitrogens with zero attached hydrogens (tertiary/aromatic N) is 1. The lowest BCUT2D eigenvalue weighted by atomic mass is 9.96. The van der Waals surface area contributed by atoms with E-state index in [0.717, 1.165) is 31.2 Å². The van der Waals surface area contributed by atoms with Crippen LogP contribution in [0.4, 0.5) is 9.18 Å². The van der Waals surface area contributed by atoms with E-state index in [1.54, 1.807) is 11.0 Å². The summed E-state index contributed by atoms with van der Waals surface area (Å²) in [5, 5.41) is 9.00. The van der Waals surface area contributed by atoms with Gasteiger partial charge in [-0.15, -0.1) is 0 Å². The van der Waals surface area contributed by atoms with Crippen molar-refractivity contribution in [1.29, 1.82) is 0 Å². The molecule has 1 fully saturated rings. The number of halogens is 2. The van der Waals surface area contributed by atoms with Gasteiger partial charge in [-0.2, -0.15) is 0 Å². The molecule has 1 aliphatic heterocycles. The molecule has 2 aliphatic rings. The average molecular weight is 511 g/mol. The molecule has 9 heteroatoms. The van der Waals surface area contributed by atoms with Gasteiger partial charge in [0.05, 0.1) is 0 Å². The van der Waals surface area contributed by atoms with Crippen LogP contribution in [0, 0.1) is 5.82 Å². The summed E-state index contributed by atoms with van der Waals surface area (Å²) in [6.07, 6.45) is 5.24. The van der Waals surface area contributed by atoms with Gasteiger partial charge in [0.2, 0.25) is 5.88 Å². The van der Waals surface area contributed by atoms with E-state index in [9.17, 15) is 14.0 Å². The van der Waals surface area contributed by atoms with Crippen molar-refractivity contribution in [2.75, 3.05) is 0 Å². The second-order valence-electron chi connectivity index (χ2n) is 8.63. The summed E-state index contributed by atoms with van der Waals surface area (Å²) in [5.74, 6) is -0.190. The normalized spacial score (nSPS) is 19.8. The number of ether oxygens (including phenoxy) is 1. The Kier molecular flexibility index (Phi) is 8.39. The van der Waals surface area contributed by atoms with Crippen molar-refractivity contribution in [3.8, 4) is 0 Å². The van der Waals surface area contributed by atoms with E-state index in [2.05, 4.69) is 31.9 Å². The summed E-state index contributed by atoms with van der Waals surface area (Å²) >= 11 is 3.33. The van der Waals surface area contributed by atoms with Crippen LogP contribution >= 0.6 is 15.9 Å². The van der Waals surface area contributed by atoms with Gasteiger partial charge in [0.25, 0.3) is 5.91 Å². The maximum absolute atomic E-state index is 13.9. The van der Waals surface area contributed by atoms with Crippen molar-refractivity contribution in [2.24, 2.45) is 0 Å². The Bertz CT molecular complexity index is 871. The van der Waals surface area contributed by atoms with E-state index >= 15 is 0 Å². The average Bonchev–Trinajstić information content (AvgIpc) is 2.75. The predicted octanol–water partition coefficient (Wildman–Crippen LogP) is 4.22. The first-order chi connectivity index (χ1) is 15.3. The summed E-state index contributed by atoms with van der Waals surface area (Å²) < 4.78 is 20.1. The third-order valence-electron chi connectivity index (χ3n) is 5.86. The predicted molar refractivity (Wildman–Crippen MR) is 124 cm³/mol. The van der Waals surface area contributed by atoms with Gasteiger partial charge < -0.3 is 25.6 Å². The molecule has 3 N–H and O–H groups in total. The Balaban J connectivity index is 1.62. The van der Waals surface area contributed by atoms with Crippen molar-refractivity contribution in [2.45, 2.75) is 84.3 Å². The monoisotopic (exact) mass is 510 g/mol. The fraction of sp³-hybridized carbons (Fsp3) is 0.565. The quantitative estimate of drug-likeness (QED) is 0.512. The van der Waals surface area contributed by atoms with E-state index < -0.39 is 0 Å². The number of carbonyl (C=O) groups is 2. The summed E-state index contributed by atoms with van der Waals surface area (Å²) in [7, 11) is 0. The Morgan fingerprint density at radius 1 is 1.28 bits per heavy atom. The highest BCUT2D eigenvalue weighted by atomic mass is 79.9. The zero-order valence-corrected chi connectivity index (χ0v) is 20.4. The first-order valence-corrected chi connectivity index (χ1v) is 12.0. The van der Waals surface area contributed by atoms with E-state index in [1.165, 1.54) is 18.6 Å². The third kappa shape index (κ3) is 6.15. The molecule has 1 saturated carbocycles. The molecule has 1 aromatic carbocycles. The molecular weight excluding hydrogens is 479 g/mol. The number of carbonyl (C=O) groups excluding carboxylic acids is 2. The minimum Gasteiger partial charge on any atom is -0.473 e. The molecule has 1 atom stereocenters. The van der Waals surface area contributed by atoms with Gasteiger partial charge in [-0.1, -0.05) is 25.3 Å². The van der Waals surface area contributed by atoms with Crippen molar-refractivity contribution in [3.05, 3.63) is 45.5 Å². The molecule has 176 valence electrons. The molecule has 1 aromatic rings. The third-order valence-corrected chi connectivity index (χ3v) is 6.55. The molecule has 1 heterocycles. The fourth-order valence-electron chi connectivity index (χ4n) is 4.20. The zero-order chi connectivity index (χ0) is 23.3. The highest BCUT2D eigenvalue weighted by Crippen LogP contribution is 2.25. The number of nitrogens with one attached hydrogen (secondary N) is 3. The summed E-state index contributed by atoms with van der Waals surface area (Å²) in [5.41, 5.74) is 1.35. The van der Waals surface area contributed by atoms with Gasteiger partial charge in [0.15, 0.2) is 0 Å². The first kappa shape index (κ1) is 24.4. The van der Waals surface area contributed by atoms with Gasteiger partial charge in [-0.05, 0) is 72.8 Å². The van der Waals surface area contributed by atoms with Crippen molar-refractivity contribution in [3.63, 3.8) is 0 Å². The summed E-state index contributed by atoms with van der Waals surface area (Å²) in [6.45, 7) is 6.09. The number of amides is 3. The fourth-order valence-corrected chi connectivity index (χ4v) is 4.64. The lowest BCUT2D eigenvalue weighted by Crippen LogP contribution is -2.54. The van der Waals surface area contributed by atoms with Crippen LogP contribution in [0.5, 0.6) is 0 Å². The van der Waals surface area contributed by atoms with Crippen molar-refractivity contribution < 1.29 is 18.7 Å². The lowest BCUT2D eigenvalue weighted by molar-refractivity contribution is -0.132. The molecule has 3 rings (SSSR count). The Morgan fingerprint density at radius 2 is 2.00 bits per heavy atom. The molecule has 1 aliphatic carbocycles.